The van der Waals surface area contributed by atoms with Crippen molar-refractivity contribution >= 4 is 0 Å². The van der Waals surface area contributed by atoms with Crippen molar-refractivity contribution in [2.24, 2.45) is 0 Å². The topological polar surface area (TPSA) is 47.0 Å². The summed E-state index contributed by atoms with van der Waals surface area (Å²) >= 11 is 0. The number of hydrogen-bond acceptors (Lipinski definition) is 4. The van der Waals surface area contributed by atoms with Gasteiger partial charge in [0.25, 0.3) is 0 Å². The smallest absolute Gasteiger partial charge is 0.435 e. The standard InChI is InChI=1S/C10H14F3N3O/c1-2-5-14-6-7-17-9-4-3-8(15-16-9)10(11,12)13/h3-4,14H,2,5-7H2,1H3. The van der Waals surface area contributed by atoms with Crippen molar-refractivity contribution in [1.82, 2.24) is 15.5 Å². The second-order valence-corrected chi connectivity index (χ2v) is 3.35. The van der Waals surface area contributed by atoms with Crippen molar-refractivity contribution in [2.45, 2.75) is 19.5 Å². The van der Waals surface area contributed by atoms with Gasteiger partial charge in [0.1, 0.15) is 6.61 Å². The molecule has 0 radical (unpaired) electrons. The average molecular weight is 249 g/mol. The highest BCUT2D eigenvalue weighted by Crippen LogP contribution is 2.27. The molecule has 0 bridgehead atoms. The Morgan fingerprint density at radius 1 is 1.24 bits per heavy atom. The summed E-state index contributed by atoms with van der Waals surface area (Å²) in [6.07, 6.45) is -3.45. The Hall–Kier alpha value is -1.37. The fraction of sp³-hybridized carbons (Fsp3) is 0.600. The van der Waals surface area contributed by atoms with Crippen molar-refractivity contribution < 1.29 is 17.9 Å². The second-order valence-electron chi connectivity index (χ2n) is 3.35. The summed E-state index contributed by atoms with van der Waals surface area (Å²) in [5.41, 5.74) is -1.02. The molecule has 0 fully saturated rings. The number of nitrogens with one attached hydrogen (secondary N) is 1. The normalized spacial score (nSPS) is 11.5. The van der Waals surface area contributed by atoms with Crippen LogP contribution in [0.2, 0.25) is 0 Å². The number of nitrogens with zero attached hydrogens (tertiary/aromatic N) is 2. The van der Waals surface area contributed by atoms with Crippen LogP contribution in [0.1, 0.15) is 19.0 Å². The molecule has 1 N–H and O–H groups in total. The van der Waals surface area contributed by atoms with Gasteiger partial charge in [0.05, 0.1) is 0 Å². The molecule has 4 nitrogen and oxygen atoms in total. The molecule has 0 saturated carbocycles. The highest BCUT2D eigenvalue weighted by atomic mass is 19.4. The van der Waals surface area contributed by atoms with Crippen molar-refractivity contribution in [3.63, 3.8) is 0 Å². The van der Waals surface area contributed by atoms with Crippen LogP contribution in [-0.2, 0) is 6.18 Å². The molecule has 0 saturated heterocycles. The Labute approximate surface area is 97.2 Å². The third-order valence-electron chi connectivity index (χ3n) is 1.89. The second kappa shape index (κ2) is 6.39. The third-order valence-corrected chi connectivity index (χ3v) is 1.89. The lowest BCUT2D eigenvalue weighted by Crippen LogP contribution is -2.22. The fourth-order valence-electron chi connectivity index (χ4n) is 1.08. The molecule has 0 aliphatic carbocycles. The molecule has 96 valence electrons. The van der Waals surface area contributed by atoms with Crippen LogP contribution in [0.3, 0.4) is 0 Å². The molecule has 1 aromatic heterocycles. The maximum absolute atomic E-state index is 12.2. The highest BCUT2D eigenvalue weighted by Gasteiger charge is 2.32. The fourth-order valence-corrected chi connectivity index (χ4v) is 1.08. The van der Waals surface area contributed by atoms with Gasteiger partial charge in [-0.3, -0.25) is 0 Å². The van der Waals surface area contributed by atoms with Gasteiger partial charge in [-0.2, -0.15) is 13.2 Å². The summed E-state index contributed by atoms with van der Waals surface area (Å²) in [7, 11) is 0. The Morgan fingerprint density at radius 3 is 2.53 bits per heavy atom. The van der Waals surface area contributed by atoms with Crippen molar-refractivity contribution in [3.05, 3.63) is 17.8 Å². The molecule has 1 rings (SSSR count). The zero-order chi connectivity index (χ0) is 12.7. The van der Waals surface area contributed by atoms with Gasteiger partial charge in [-0.15, -0.1) is 10.2 Å². The van der Waals surface area contributed by atoms with E-state index in [1.54, 1.807) is 0 Å². The highest BCUT2D eigenvalue weighted by molar-refractivity contribution is 5.13. The number of aromatic nitrogens is 2. The van der Waals surface area contributed by atoms with E-state index < -0.39 is 11.9 Å². The van der Waals surface area contributed by atoms with Gasteiger partial charge in [0, 0.05) is 12.6 Å². The zero-order valence-electron chi connectivity index (χ0n) is 9.42. The van der Waals surface area contributed by atoms with Gasteiger partial charge < -0.3 is 10.1 Å². The Morgan fingerprint density at radius 2 is 2.00 bits per heavy atom. The van der Waals surface area contributed by atoms with E-state index in [0.29, 0.717) is 13.2 Å². The van der Waals surface area contributed by atoms with E-state index in [0.717, 1.165) is 25.1 Å². The zero-order valence-corrected chi connectivity index (χ0v) is 9.42. The van der Waals surface area contributed by atoms with Crippen molar-refractivity contribution in [1.29, 1.82) is 0 Å². The number of hydrogen-bond donors (Lipinski definition) is 1. The lowest BCUT2D eigenvalue weighted by molar-refractivity contribution is -0.141. The molecule has 0 aliphatic heterocycles. The Bertz CT molecular complexity index is 327. The summed E-state index contributed by atoms with van der Waals surface area (Å²) in [5, 5.41) is 9.48. The van der Waals surface area contributed by atoms with E-state index in [4.69, 9.17) is 4.74 Å². The number of rotatable bonds is 6. The van der Waals surface area contributed by atoms with E-state index in [1.807, 2.05) is 6.92 Å². The maximum atomic E-state index is 12.2. The quantitative estimate of drug-likeness (QED) is 0.782. The van der Waals surface area contributed by atoms with Gasteiger partial charge in [-0.1, -0.05) is 6.92 Å². The largest absolute Gasteiger partial charge is 0.475 e. The molecule has 0 spiro atoms. The molecule has 0 aromatic carbocycles. The first-order chi connectivity index (χ1) is 8.04. The lowest BCUT2D eigenvalue weighted by Gasteiger charge is -2.07. The first-order valence-corrected chi connectivity index (χ1v) is 5.28. The molecular weight excluding hydrogens is 235 g/mol. The molecule has 1 aromatic rings. The van der Waals surface area contributed by atoms with Gasteiger partial charge in [0.2, 0.25) is 5.88 Å². The minimum atomic E-state index is -4.46. The molecule has 0 unspecified atom stereocenters. The van der Waals surface area contributed by atoms with E-state index in [2.05, 4.69) is 15.5 Å². The van der Waals surface area contributed by atoms with Crippen LogP contribution in [0, 0.1) is 0 Å². The third kappa shape index (κ3) is 4.99. The predicted octanol–water partition coefficient (Wildman–Crippen LogP) is 1.87. The monoisotopic (exact) mass is 249 g/mol. The summed E-state index contributed by atoms with van der Waals surface area (Å²) in [5.74, 6) is 0.0938. The predicted molar refractivity (Wildman–Crippen MR) is 55.7 cm³/mol. The number of halogens is 3. The molecular formula is C10H14F3N3O. The van der Waals surface area contributed by atoms with Crippen molar-refractivity contribution in [3.8, 4) is 5.88 Å². The SMILES string of the molecule is CCCNCCOc1ccc(C(F)(F)F)nn1. The summed E-state index contributed by atoms with van der Waals surface area (Å²) in [6, 6.07) is 2.01. The summed E-state index contributed by atoms with van der Waals surface area (Å²) < 4.78 is 41.6. The maximum Gasteiger partial charge on any atom is 0.435 e. The van der Waals surface area contributed by atoms with E-state index in [9.17, 15) is 13.2 Å². The first kappa shape index (κ1) is 13.7. The van der Waals surface area contributed by atoms with Gasteiger partial charge in [-0.05, 0) is 19.0 Å². The number of ether oxygens (including phenoxy) is 1. The van der Waals surface area contributed by atoms with Crippen LogP contribution in [0.4, 0.5) is 13.2 Å². The molecule has 0 amide bonds. The molecule has 7 heteroatoms. The minimum absolute atomic E-state index is 0.0938. The summed E-state index contributed by atoms with van der Waals surface area (Å²) in [4.78, 5) is 0. The van der Waals surface area contributed by atoms with Gasteiger partial charge in [-0.25, -0.2) is 0 Å². The molecule has 17 heavy (non-hydrogen) atoms. The van der Waals surface area contributed by atoms with Crippen molar-refractivity contribution in [2.75, 3.05) is 19.7 Å². The van der Waals surface area contributed by atoms with Crippen LogP contribution >= 0.6 is 0 Å². The van der Waals surface area contributed by atoms with Gasteiger partial charge >= 0.3 is 6.18 Å². The van der Waals surface area contributed by atoms with Crippen LogP contribution in [-0.4, -0.2) is 29.9 Å². The minimum Gasteiger partial charge on any atom is -0.475 e. The van der Waals surface area contributed by atoms with Crippen LogP contribution in [0.25, 0.3) is 0 Å². The van der Waals surface area contributed by atoms with Crippen LogP contribution in [0.15, 0.2) is 12.1 Å². The van der Waals surface area contributed by atoms with E-state index >= 15 is 0 Å². The molecule has 1 heterocycles. The first-order valence-electron chi connectivity index (χ1n) is 5.28. The van der Waals surface area contributed by atoms with E-state index in [-0.39, 0.29) is 5.88 Å². The molecule has 0 aliphatic rings. The van der Waals surface area contributed by atoms with Crippen LogP contribution < -0.4 is 10.1 Å². The lowest BCUT2D eigenvalue weighted by atomic mass is 10.4. The van der Waals surface area contributed by atoms with Crippen LogP contribution in [0.5, 0.6) is 5.88 Å². The average Bonchev–Trinajstić information content (AvgIpc) is 2.28. The van der Waals surface area contributed by atoms with Gasteiger partial charge in [0.15, 0.2) is 5.69 Å². The molecule has 0 atom stereocenters. The van der Waals surface area contributed by atoms with E-state index in [1.165, 1.54) is 0 Å². The Kier molecular flexibility index (Phi) is 5.14. The Balaban J connectivity index is 2.36. The number of alkyl halides is 3. The summed E-state index contributed by atoms with van der Waals surface area (Å²) in [6.45, 7) is 3.88.